The SMILES string of the molecule is CCCCCCC[CH2][Sn+2][CH2]CCCCCCC.[Br-].[Br-]. The van der Waals surface area contributed by atoms with E-state index in [0.29, 0.717) is 0 Å². The molecule has 0 spiro atoms. The monoisotopic (exact) mass is 504 g/mol. The third kappa shape index (κ3) is 25.1. The molecule has 0 N–H and O–H groups in total. The number of unbranched alkanes of at least 4 members (excludes halogenated alkanes) is 10. The molecule has 0 heterocycles. The molecule has 19 heavy (non-hydrogen) atoms. The second-order valence-corrected chi connectivity index (χ2v) is 9.57. The average molecular weight is 505 g/mol. The fourth-order valence-electron chi connectivity index (χ4n) is 2.19. The van der Waals surface area contributed by atoms with Gasteiger partial charge in [-0.15, -0.1) is 0 Å². The summed E-state index contributed by atoms with van der Waals surface area (Å²) in [6.07, 6.45) is 17.8. The molecule has 0 radical (unpaired) electrons. The first-order valence-corrected chi connectivity index (χ1v) is 12.2. The van der Waals surface area contributed by atoms with Crippen molar-refractivity contribution >= 4 is 21.1 Å². The molecule has 0 aliphatic rings. The van der Waals surface area contributed by atoms with E-state index in [9.17, 15) is 0 Å². The standard InChI is InChI=1S/2C8H17.2BrH.Sn/c2*1-3-5-7-8-6-4-2;;;/h2*1,3-8H2,2H3;2*1H;/q;;;;+2/p-2. The van der Waals surface area contributed by atoms with Gasteiger partial charge in [0.25, 0.3) is 0 Å². The summed E-state index contributed by atoms with van der Waals surface area (Å²) >= 11 is 0.0736. The van der Waals surface area contributed by atoms with Crippen LogP contribution in [-0.2, 0) is 0 Å². The minimum Gasteiger partial charge on any atom is -1.00 e. The second kappa shape index (κ2) is 24.8. The predicted octanol–water partition coefficient (Wildman–Crippen LogP) is 0.256. The van der Waals surface area contributed by atoms with Crippen LogP contribution < -0.4 is 34.0 Å². The van der Waals surface area contributed by atoms with E-state index in [0.717, 1.165) is 0 Å². The van der Waals surface area contributed by atoms with Crippen molar-refractivity contribution in [1.82, 2.24) is 0 Å². The molecule has 0 aliphatic carbocycles. The predicted molar refractivity (Wildman–Crippen MR) is 82.1 cm³/mol. The molecule has 0 bridgehead atoms. The van der Waals surface area contributed by atoms with Crippen molar-refractivity contribution in [2.45, 2.75) is 99.8 Å². The van der Waals surface area contributed by atoms with Crippen molar-refractivity contribution in [2.75, 3.05) is 0 Å². The number of rotatable bonds is 14. The van der Waals surface area contributed by atoms with Crippen LogP contribution >= 0.6 is 0 Å². The maximum atomic E-state index is 2.30. The van der Waals surface area contributed by atoms with Gasteiger partial charge >= 0.3 is 121 Å². The van der Waals surface area contributed by atoms with Crippen molar-refractivity contribution in [2.24, 2.45) is 0 Å². The van der Waals surface area contributed by atoms with E-state index < -0.39 is 0 Å². The zero-order valence-corrected chi connectivity index (χ0v) is 19.2. The summed E-state index contributed by atoms with van der Waals surface area (Å²) in [5.74, 6) is 0. The number of halogens is 2. The smallest absolute Gasteiger partial charge is 1.00 e. The van der Waals surface area contributed by atoms with Gasteiger partial charge in [0.2, 0.25) is 0 Å². The van der Waals surface area contributed by atoms with Crippen molar-refractivity contribution in [3.63, 3.8) is 0 Å². The van der Waals surface area contributed by atoms with Crippen LogP contribution in [0.4, 0.5) is 0 Å². The summed E-state index contributed by atoms with van der Waals surface area (Å²) in [6, 6.07) is 0. The molecular weight excluding hydrogens is 471 g/mol. The Balaban J connectivity index is -0.00000128. The summed E-state index contributed by atoms with van der Waals surface area (Å²) in [7, 11) is 0. The number of hydrogen-bond acceptors (Lipinski definition) is 0. The minimum absolute atomic E-state index is 0. The topological polar surface area (TPSA) is 0 Å². The van der Waals surface area contributed by atoms with Crippen molar-refractivity contribution in [3.8, 4) is 0 Å². The zero-order valence-electron chi connectivity index (χ0n) is 13.2. The fourth-order valence-corrected chi connectivity index (χ4v) is 5.75. The molecule has 0 nitrogen and oxygen atoms in total. The Hall–Kier alpha value is 1.76. The minimum atomic E-state index is 0. The van der Waals surface area contributed by atoms with E-state index in [2.05, 4.69) is 13.8 Å². The first-order valence-electron chi connectivity index (χ1n) is 8.12. The van der Waals surface area contributed by atoms with Crippen molar-refractivity contribution in [1.29, 1.82) is 0 Å². The van der Waals surface area contributed by atoms with E-state index in [4.69, 9.17) is 0 Å². The van der Waals surface area contributed by atoms with Gasteiger partial charge in [0.05, 0.1) is 0 Å². The molecule has 0 rings (SSSR count). The van der Waals surface area contributed by atoms with Gasteiger partial charge in [-0.25, -0.2) is 0 Å². The Labute approximate surface area is 154 Å². The van der Waals surface area contributed by atoms with Gasteiger partial charge in [-0.3, -0.25) is 0 Å². The Morgan fingerprint density at radius 3 is 1.16 bits per heavy atom. The van der Waals surface area contributed by atoms with Crippen LogP contribution in [0, 0.1) is 0 Å². The molecule has 0 unspecified atom stereocenters. The van der Waals surface area contributed by atoms with Gasteiger partial charge in [-0.05, 0) is 0 Å². The quantitative estimate of drug-likeness (QED) is 0.235. The Bertz CT molecular complexity index is 118. The van der Waals surface area contributed by atoms with Crippen molar-refractivity contribution in [3.05, 3.63) is 0 Å². The third-order valence-electron chi connectivity index (χ3n) is 3.41. The molecule has 0 amide bonds. The van der Waals surface area contributed by atoms with Crippen LogP contribution in [-0.4, -0.2) is 21.1 Å². The Morgan fingerprint density at radius 2 is 0.789 bits per heavy atom. The van der Waals surface area contributed by atoms with Crippen LogP contribution in [0.15, 0.2) is 0 Å². The molecule has 0 saturated heterocycles. The normalized spacial score (nSPS) is 9.37. The first-order chi connectivity index (χ1) is 8.41. The molecule has 0 saturated carbocycles. The molecule has 0 aromatic rings. The van der Waals surface area contributed by atoms with Crippen molar-refractivity contribution < 1.29 is 34.0 Å². The van der Waals surface area contributed by atoms with Crippen LogP contribution in [0.25, 0.3) is 0 Å². The summed E-state index contributed by atoms with van der Waals surface area (Å²) in [6.45, 7) is 4.60. The first kappa shape index (κ1) is 25.7. The summed E-state index contributed by atoms with van der Waals surface area (Å²) < 4.78 is 3.31. The molecule has 116 valence electrons. The molecule has 0 aromatic carbocycles. The average Bonchev–Trinajstić information content (AvgIpc) is 2.35. The Kier molecular flexibility index (Phi) is 33.5. The van der Waals surface area contributed by atoms with Crippen LogP contribution in [0.5, 0.6) is 0 Å². The van der Waals surface area contributed by atoms with Gasteiger partial charge in [0, 0.05) is 0 Å². The maximum Gasteiger partial charge on any atom is -1.00 e. The zero-order chi connectivity index (χ0) is 12.6. The molecule has 0 fully saturated rings. The maximum absolute atomic E-state index is 2.30. The van der Waals surface area contributed by atoms with Gasteiger partial charge in [-0.2, -0.15) is 0 Å². The van der Waals surface area contributed by atoms with Crippen LogP contribution in [0.1, 0.15) is 90.9 Å². The van der Waals surface area contributed by atoms with Gasteiger partial charge in [0.15, 0.2) is 0 Å². The van der Waals surface area contributed by atoms with E-state index in [1.54, 1.807) is 21.7 Å². The molecule has 3 heteroatoms. The van der Waals surface area contributed by atoms with Gasteiger partial charge in [0.1, 0.15) is 0 Å². The summed E-state index contributed by atoms with van der Waals surface area (Å²) in [4.78, 5) is 0. The molecule has 0 aliphatic heterocycles. The van der Waals surface area contributed by atoms with Gasteiger partial charge < -0.3 is 34.0 Å². The Morgan fingerprint density at radius 1 is 0.474 bits per heavy atom. The van der Waals surface area contributed by atoms with E-state index in [1.807, 2.05) is 0 Å². The van der Waals surface area contributed by atoms with E-state index in [-0.39, 0.29) is 55.1 Å². The molecule has 0 aromatic heterocycles. The second-order valence-electron chi connectivity index (χ2n) is 5.29. The van der Waals surface area contributed by atoms with Crippen LogP contribution in [0.2, 0.25) is 8.87 Å². The van der Waals surface area contributed by atoms with E-state index in [1.165, 1.54) is 64.2 Å². The van der Waals surface area contributed by atoms with Gasteiger partial charge in [-0.1, -0.05) is 0 Å². The van der Waals surface area contributed by atoms with E-state index >= 15 is 0 Å². The largest absolute Gasteiger partial charge is 1.00 e. The molecule has 0 atom stereocenters. The summed E-state index contributed by atoms with van der Waals surface area (Å²) in [5.41, 5.74) is 0. The number of hydrogen-bond donors (Lipinski definition) is 0. The van der Waals surface area contributed by atoms with Crippen LogP contribution in [0.3, 0.4) is 0 Å². The summed E-state index contributed by atoms with van der Waals surface area (Å²) in [5, 5.41) is 0. The third-order valence-corrected chi connectivity index (χ3v) is 7.45. The fraction of sp³-hybridized carbons (Fsp3) is 1.00. The molecular formula is C16H34Br2Sn.